The van der Waals surface area contributed by atoms with Gasteiger partial charge in [0.25, 0.3) is 5.56 Å². The smallest absolute Gasteiger partial charge is 0.335 e. The molecule has 0 aliphatic heterocycles. The van der Waals surface area contributed by atoms with E-state index in [1.54, 1.807) is 25.1 Å². The molecule has 0 aliphatic rings. The van der Waals surface area contributed by atoms with Crippen molar-refractivity contribution >= 4 is 17.1 Å². The molecule has 2 aromatic carbocycles. The highest BCUT2D eigenvalue weighted by atomic mass is 16.3. The number of aryl methyl sites for hydroxylation is 1. The molecule has 28 heavy (non-hydrogen) atoms. The van der Waals surface area contributed by atoms with E-state index in [2.05, 4.69) is 9.98 Å². The molecule has 0 aliphatic carbocycles. The van der Waals surface area contributed by atoms with Gasteiger partial charge in [-0.15, -0.1) is 0 Å². The van der Waals surface area contributed by atoms with Crippen LogP contribution in [0.3, 0.4) is 0 Å². The summed E-state index contributed by atoms with van der Waals surface area (Å²) in [5.74, 6) is -0.442. The van der Waals surface area contributed by atoms with Crippen molar-refractivity contribution in [2.75, 3.05) is 19.0 Å². The summed E-state index contributed by atoms with van der Waals surface area (Å²) in [4.78, 5) is 33.4. The summed E-state index contributed by atoms with van der Waals surface area (Å²) in [6, 6.07) is 14.5. The largest absolute Gasteiger partial charge is 0.493 e. The van der Waals surface area contributed by atoms with Gasteiger partial charge in [0.05, 0.1) is 17.1 Å². The molecule has 0 fully saturated rings. The van der Waals surface area contributed by atoms with Crippen LogP contribution < -0.4 is 16.1 Å². The molecule has 0 saturated heterocycles. The summed E-state index contributed by atoms with van der Waals surface area (Å²) in [5, 5.41) is 10.7. The summed E-state index contributed by atoms with van der Waals surface area (Å²) < 4.78 is 1.06. The fraction of sp³-hybridized carbons (Fsp3) is 0.190. The number of benzene rings is 2. The Morgan fingerprint density at radius 1 is 1.11 bits per heavy atom. The molecule has 0 saturated carbocycles. The number of anilines is 1. The maximum Gasteiger partial charge on any atom is 0.335 e. The van der Waals surface area contributed by atoms with Crippen molar-refractivity contribution in [1.29, 1.82) is 0 Å². The van der Waals surface area contributed by atoms with Crippen LogP contribution in [0.5, 0.6) is 5.88 Å². The molecular formula is C21H22N4O3. The van der Waals surface area contributed by atoms with Gasteiger partial charge in [0.15, 0.2) is 0 Å². The van der Waals surface area contributed by atoms with Gasteiger partial charge in [-0.05, 0) is 44.2 Å². The Bertz CT molecular complexity index is 1160. The maximum absolute atomic E-state index is 12.4. The molecule has 144 valence electrons. The van der Waals surface area contributed by atoms with Crippen LogP contribution in [0.15, 0.2) is 63.1 Å². The first-order valence-corrected chi connectivity index (χ1v) is 8.76. The van der Waals surface area contributed by atoms with Gasteiger partial charge in [0, 0.05) is 19.8 Å². The Labute approximate surface area is 162 Å². The zero-order chi connectivity index (χ0) is 20.4. The first-order chi connectivity index (χ1) is 13.3. The summed E-state index contributed by atoms with van der Waals surface area (Å²) in [6.07, 6.45) is 0. The van der Waals surface area contributed by atoms with Crippen LogP contribution >= 0.6 is 0 Å². The lowest BCUT2D eigenvalue weighted by Crippen LogP contribution is -2.32. The van der Waals surface area contributed by atoms with Crippen LogP contribution in [0.2, 0.25) is 0 Å². The van der Waals surface area contributed by atoms with Gasteiger partial charge >= 0.3 is 5.69 Å². The second kappa shape index (κ2) is 7.56. The lowest BCUT2D eigenvalue weighted by Gasteiger charge is -2.13. The normalized spacial score (nSPS) is 11.5. The van der Waals surface area contributed by atoms with Gasteiger partial charge in [0.2, 0.25) is 5.88 Å². The second-order valence-electron chi connectivity index (χ2n) is 6.74. The van der Waals surface area contributed by atoms with E-state index in [0.29, 0.717) is 17.1 Å². The molecule has 3 rings (SSSR count). The number of rotatable bonds is 4. The highest BCUT2D eigenvalue weighted by molar-refractivity contribution is 6.01. The molecular weight excluding hydrogens is 356 g/mol. The molecule has 1 aromatic heterocycles. The summed E-state index contributed by atoms with van der Waals surface area (Å²) in [6.45, 7) is 3.54. The van der Waals surface area contributed by atoms with E-state index >= 15 is 0 Å². The molecule has 0 atom stereocenters. The number of aromatic hydroxyl groups is 1. The van der Waals surface area contributed by atoms with Crippen molar-refractivity contribution in [3.05, 3.63) is 80.5 Å². The Morgan fingerprint density at radius 2 is 1.79 bits per heavy atom. The summed E-state index contributed by atoms with van der Waals surface area (Å²) in [5.41, 5.74) is 1.92. The van der Waals surface area contributed by atoms with Gasteiger partial charge in [-0.25, -0.2) is 9.36 Å². The van der Waals surface area contributed by atoms with E-state index in [0.717, 1.165) is 15.8 Å². The minimum absolute atomic E-state index is 0.0459. The number of H-pyrrole nitrogens is 1. The Hall–Kier alpha value is -3.61. The molecule has 7 heteroatoms. The van der Waals surface area contributed by atoms with Crippen molar-refractivity contribution in [1.82, 2.24) is 9.55 Å². The number of aliphatic imine (C=N–C) groups is 1. The van der Waals surface area contributed by atoms with Crippen LogP contribution in [0.25, 0.3) is 5.69 Å². The van der Waals surface area contributed by atoms with Crippen LogP contribution in [0.4, 0.5) is 11.4 Å². The maximum atomic E-state index is 12.4. The van der Waals surface area contributed by atoms with Crippen molar-refractivity contribution in [3.63, 3.8) is 0 Å². The van der Waals surface area contributed by atoms with E-state index in [1.807, 2.05) is 56.3 Å². The highest BCUT2D eigenvalue weighted by Crippen LogP contribution is 2.23. The summed E-state index contributed by atoms with van der Waals surface area (Å²) >= 11 is 0. The highest BCUT2D eigenvalue weighted by Gasteiger charge is 2.18. The predicted octanol–water partition coefficient (Wildman–Crippen LogP) is 2.75. The van der Waals surface area contributed by atoms with Gasteiger partial charge in [-0.3, -0.25) is 14.8 Å². The van der Waals surface area contributed by atoms with Crippen molar-refractivity contribution in [2.45, 2.75) is 13.8 Å². The van der Waals surface area contributed by atoms with E-state index in [9.17, 15) is 14.7 Å². The Kier molecular flexibility index (Phi) is 5.17. The number of aromatic nitrogens is 2. The molecule has 0 bridgehead atoms. The molecule has 2 N–H and O–H groups in total. The van der Waals surface area contributed by atoms with Gasteiger partial charge < -0.3 is 10.0 Å². The Balaban J connectivity index is 2.15. The first kappa shape index (κ1) is 19.2. The lowest BCUT2D eigenvalue weighted by molar-refractivity contribution is 0.430. The van der Waals surface area contributed by atoms with Gasteiger partial charge in [0.1, 0.15) is 5.56 Å². The quantitative estimate of drug-likeness (QED) is 0.683. The third kappa shape index (κ3) is 3.73. The monoisotopic (exact) mass is 378 g/mol. The third-order valence-electron chi connectivity index (χ3n) is 4.38. The van der Waals surface area contributed by atoms with Crippen LogP contribution in [0, 0.1) is 6.92 Å². The molecule has 0 amide bonds. The molecule has 0 spiro atoms. The number of nitrogens with one attached hydrogen (secondary N) is 1. The molecule has 1 heterocycles. The predicted molar refractivity (Wildman–Crippen MR) is 112 cm³/mol. The fourth-order valence-corrected chi connectivity index (χ4v) is 2.87. The van der Waals surface area contributed by atoms with Crippen LogP contribution in [-0.4, -0.2) is 34.5 Å². The molecule has 0 radical (unpaired) electrons. The number of hydrogen-bond donors (Lipinski definition) is 2. The molecule has 3 aromatic rings. The Morgan fingerprint density at radius 3 is 2.43 bits per heavy atom. The first-order valence-electron chi connectivity index (χ1n) is 8.76. The molecule has 7 nitrogen and oxygen atoms in total. The van der Waals surface area contributed by atoms with Crippen molar-refractivity contribution in [3.8, 4) is 11.6 Å². The van der Waals surface area contributed by atoms with Crippen molar-refractivity contribution in [2.24, 2.45) is 4.99 Å². The van der Waals surface area contributed by atoms with E-state index < -0.39 is 17.1 Å². The van der Waals surface area contributed by atoms with E-state index in [-0.39, 0.29) is 5.56 Å². The zero-order valence-electron chi connectivity index (χ0n) is 16.2. The zero-order valence-corrected chi connectivity index (χ0v) is 16.2. The minimum atomic E-state index is -0.711. The topological polar surface area (TPSA) is 90.7 Å². The summed E-state index contributed by atoms with van der Waals surface area (Å²) in [7, 11) is 3.84. The van der Waals surface area contributed by atoms with E-state index in [4.69, 9.17) is 0 Å². The lowest BCUT2D eigenvalue weighted by atomic mass is 10.2. The SMILES string of the molecule is CC(=Nc1cccc(N(C)C)c1)c1c(O)n(-c2ccc(C)cc2)c(=O)[nH]c1=O. The van der Waals surface area contributed by atoms with Crippen molar-refractivity contribution < 1.29 is 5.11 Å². The third-order valence-corrected chi connectivity index (χ3v) is 4.38. The number of nitrogens with zero attached hydrogens (tertiary/aromatic N) is 3. The average Bonchev–Trinajstić information content (AvgIpc) is 2.63. The standard InChI is InChI=1S/C21H22N4O3/c1-13-8-10-16(11-9-13)25-20(27)18(19(26)23-21(25)28)14(2)22-15-6-5-7-17(12-15)24(3)4/h5-12,27H,1-4H3,(H,23,26,28). The average molecular weight is 378 g/mol. The molecule has 0 unspecified atom stereocenters. The van der Waals surface area contributed by atoms with E-state index in [1.165, 1.54) is 0 Å². The van der Waals surface area contributed by atoms with Crippen LogP contribution in [0.1, 0.15) is 18.1 Å². The second-order valence-corrected chi connectivity index (χ2v) is 6.74. The number of aromatic amines is 1. The minimum Gasteiger partial charge on any atom is -0.493 e. The number of hydrogen-bond acceptors (Lipinski definition) is 5. The van der Waals surface area contributed by atoms with Gasteiger partial charge in [-0.2, -0.15) is 0 Å². The van der Waals surface area contributed by atoms with Gasteiger partial charge in [-0.1, -0.05) is 23.8 Å². The van der Waals surface area contributed by atoms with Crippen LogP contribution in [-0.2, 0) is 0 Å². The fourth-order valence-electron chi connectivity index (χ4n) is 2.87.